The van der Waals surface area contributed by atoms with Gasteiger partial charge in [-0.25, -0.2) is 9.78 Å². The number of nitrogens with one attached hydrogen (secondary N) is 2. The molecule has 0 spiro atoms. The summed E-state index contributed by atoms with van der Waals surface area (Å²) in [6, 6.07) is 8.05. The van der Waals surface area contributed by atoms with Gasteiger partial charge in [0.15, 0.2) is 0 Å². The van der Waals surface area contributed by atoms with Crippen LogP contribution < -0.4 is 10.6 Å². The molecule has 2 fully saturated rings. The van der Waals surface area contributed by atoms with Gasteiger partial charge in [0.2, 0.25) is 0 Å². The van der Waals surface area contributed by atoms with Gasteiger partial charge in [-0.3, -0.25) is 0 Å². The summed E-state index contributed by atoms with van der Waals surface area (Å²) >= 11 is 0. The highest BCUT2D eigenvalue weighted by Crippen LogP contribution is 2.52. The molecular weight excluding hydrogens is 316 g/mol. The monoisotopic (exact) mass is 340 g/mol. The number of benzene rings is 1. The van der Waals surface area contributed by atoms with Crippen molar-refractivity contribution in [1.29, 1.82) is 0 Å². The highest BCUT2D eigenvalue weighted by molar-refractivity contribution is 5.74. The molecule has 1 aromatic carbocycles. The summed E-state index contributed by atoms with van der Waals surface area (Å²) < 4.78 is 7.73. The minimum absolute atomic E-state index is 0.00672. The summed E-state index contributed by atoms with van der Waals surface area (Å²) in [5.74, 6) is 0.444. The van der Waals surface area contributed by atoms with Gasteiger partial charge in [-0.05, 0) is 18.1 Å². The fourth-order valence-electron chi connectivity index (χ4n) is 4.30. The Morgan fingerprint density at radius 1 is 1.40 bits per heavy atom. The molecule has 0 radical (unpaired) electrons. The number of ether oxygens (including phenoxy) is 1. The number of carbonyl (C=O) groups excluding carboxylic acids is 1. The van der Waals surface area contributed by atoms with Gasteiger partial charge < -0.3 is 19.9 Å². The van der Waals surface area contributed by atoms with Crippen molar-refractivity contribution in [3.8, 4) is 5.69 Å². The van der Waals surface area contributed by atoms with E-state index in [1.165, 1.54) is 0 Å². The van der Waals surface area contributed by atoms with Crippen molar-refractivity contribution in [3.63, 3.8) is 0 Å². The van der Waals surface area contributed by atoms with Crippen LogP contribution in [0.25, 0.3) is 5.69 Å². The van der Waals surface area contributed by atoms with E-state index in [9.17, 15) is 4.79 Å². The Bertz CT molecular complexity index is 757. The molecular formula is C19H24N4O2. The first-order valence-corrected chi connectivity index (χ1v) is 8.79. The Hall–Kier alpha value is -2.34. The van der Waals surface area contributed by atoms with Crippen LogP contribution in [-0.4, -0.2) is 34.3 Å². The fraction of sp³-hybridized carbons (Fsp3) is 0.474. The molecule has 0 unspecified atom stereocenters. The molecule has 1 saturated carbocycles. The molecule has 2 heterocycles. The van der Waals surface area contributed by atoms with Crippen molar-refractivity contribution in [1.82, 2.24) is 20.2 Å². The zero-order valence-electron chi connectivity index (χ0n) is 14.6. The second-order valence-corrected chi connectivity index (χ2v) is 7.47. The van der Waals surface area contributed by atoms with E-state index in [0.29, 0.717) is 12.5 Å². The number of nitrogens with zero attached hydrogens (tertiary/aromatic N) is 2. The average Bonchev–Trinajstić information content (AvgIpc) is 3.28. The van der Waals surface area contributed by atoms with Crippen molar-refractivity contribution in [2.75, 3.05) is 6.61 Å². The van der Waals surface area contributed by atoms with E-state index >= 15 is 0 Å². The number of para-hydroxylation sites is 1. The van der Waals surface area contributed by atoms with E-state index in [2.05, 4.69) is 29.5 Å². The average molecular weight is 340 g/mol. The molecule has 1 saturated heterocycles. The van der Waals surface area contributed by atoms with Crippen LogP contribution in [0.4, 0.5) is 4.79 Å². The summed E-state index contributed by atoms with van der Waals surface area (Å²) in [6.07, 6.45) is 6.71. The first-order chi connectivity index (χ1) is 12.1. The number of fused-ring (bicyclic) bond motifs is 1. The molecule has 1 aliphatic heterocycles. The van der Waals surface area contributed by atoms with Gasteiger partial charge in [0, 0.05) is 42.9 Å². The number of urea groups is 1. The van der Waals surface area contributed by atoms with Crippen LogP contribution in [0.2, 0.25) is 0 Å². The third-order valence-electron chi connectivity index (χ3n) is 5.60. The Morgan fingerprint density at radius 3 is 3.04 bits per heavy atom. The Balaban J connectivity index is 1.39. The van der Waals surface area contributed by atoms with Crippen LogP contribution in [-0.2, 0) is 11.3 Å². The van der Waals surface area contributed by atoms with Crippen LogP contribution in [0.3, 0.4) is 0 Å². The van der Waals surface area contributed by atoms with Gasteiger partial charge in [-0.2, -0.15) is 0 Å². The molecule has 2 amide bonds. The third-order valence-corrected chi connectivity index (χ3v) is 5.60. The Labute approximate surface area is 147 Å². The maximum Gasteiger partial charge on any atom is 0.315 e. The minimum atomic E-state index is -0.121. The topological polar surface area (TPSA) is 68.2 Å². The van der Waals surface area contributed by atoms with Crippen molar-refractivity contribution >= 4 is 6.03 Å². The van der Waals surface area contributed by atoms with E-state index < -0.39 is 0 Å². The maximum atomic E-state index is 12.4. The molecule has 25 heavy (non-hydrogen) atoms. The molecule has 2 N–H and O–H groups in total. The molecule has 1 aromatic heterocycles. The van der Waals surface area contributed by atoms with Crippen molar-refractivity contribution < 1.29 is 9.53 Å². The first-order valence-electron chi connectivity index (χ1n) is 8.79. The highest BCUT2D eigenvalue weighted by Gasteiger charge is 2.59. The Morgan fingerprint density at radius 2 is 2.24 bits per heavy atom. The largest absolute Gasteiger partial charge is 0.377 e. The Kier molecular flexibility index (Phi) is 4.00. The molecule has 2 aliphatic rings. The lowest BCUT2D eigenvalue weighted by molar-refractivity contribution is -0.108. The number of hydrogen-bond acceptors (Lipinski definition) is 3. The summed E-state index contributed by atoms with van der Waals surface area (Å²) in [7, 11) is 0. The van der Waals surface area contributed by atoms with Crippen LogP contribution in [0.15, 0.2) is 43.0 Å². The lowest BCUT2D eigenvalue weighted by Gasteiger charge is -2.54. The van der Waals surface area contributed by atoms with Crippen molar-refractivity contribution in [2.45, 2.75) is 39.0 Å². The molecule has 132 valence electrons. The lowest BCUT2D eigenvalue weighted by Crippen LogP contribution is -2.67. The normalized spacial score (nSPS) is 26.6. The van der Waals surface area contributed by atoms with Gasteiger partial charge in [0.05, 0.1) is 18.1 Å². The number of imidazole rings is 1. The SMILES string of the molecule is CC1(C)[C@H](NC(=O)NCc2ccccc2-n2ccnc2)[C@@H]2CCO[C@H]21. The number of carbonyl (C=O) groups is 1. The molecule has 3 atom stereocenters. The van der Waals surface area contributed by atoms with Crippen LogP contribution in [0, 0.1) is 11.3 Å². The number of aromatic nitrogens is 2. The lowest BCUT2D eigenvalue weighted by atomic mass is 9.57. The standard InChI is InChI=1S/C19H24N4O2/c1-19(2)16(14-7-10-25-17(14)19)22-18(24)21-11-13-5-3-4-6-15(13)23-9-8-20-12-23/h3-6,8-9,12,14,16-17H,7,10-11H2,1-2H3,(H2,21,22,24)/t14-,16+,17+/m0/s1. The van der Waals surface area contributed by atoms with Gasteiger partial charge in [0.1, 0.15) is 0 Å². The second kappa shape index (κ2) is 6.19. The second-order valence-electron chi connectivity index (χ2n) is 7.47. The third kappa shape index (κ3) is 2.80. The van der Waals surface area contributed by atoms with E-state index in [1.807, 2.05) is 35.0 Å². The summed E-state index contributed by atoms with van der Waals surface area (Å²) in [6.45, 7) is 5.60. The predicted octanol–water partition coefficient (Wildman–Crippen LogP) is 2.49. The zero-order valence-corrected chi connectivity index (χ0v) is 14.6. The number of hydrogen-bond donors (Lipinski definition) is 2. The minimum Gasteiger partial charge on any atom is -0.377 e. The number of rotatable bonds is 4. The summed E-state index contributed by atoms with van der Waals surface area (Å²) in [5.41, 5.74) is 2.06. The van der Waals surface area contributed by atoms with Gasteiger partial charge >= 0.3 is 6.03 Å². The van der Waals surface area contributed by atoms with E-state index in [1.54, 1.807) is 12.5 Å². The van der Waals surface area contributed by atoms with Crippen molar-refractivity contribution in [2.24, 2.45) is 11.3 Å². The molecule has 6 heteroatoms. The van der Waals surface area contributed by atoms with Gasteiger partial charge in [0.25, 0.3) is 0 Å². The maximum absolute atomic E-state index is 12.4. The summed E-state index contributed by atoms with van der Waals surface area (Å²) in [5, 5.41) is 6.15. The van der Waals surface area contributed by atoms with E-state index in [4.69, 9.17) is 4.74 Å². The number of amides is 2. The van der Waals surface area contributed by atoms with E-state index in [-0.39, 0.29) is 23.6 Å². The molecule has 2 aromatic rings. The van der Waals surface area contributed by atoms with Gasteiger partial charge in [-0.15, -0.1) is 0 Å². The van der Waals surface area contributed by atoms with Crippen molar-refractivity contribution in [3.05, 3.63) is 48.5 Å². The smallest absolute Gasteiger partial charge is 0.315 e. The fourth-order valence-corrected chi connectivity index (χ4v) is 4.30. The first kappa shape index (κ1) is 16.1. The highest BCUT2D eigenvalue weighted by atomic mass is 16.5. The van der Waals surface area contributed by atoms with Gasteiger partial charge in [-0.1, -0.05) is 32.0 Å². The summed E-state index contributed by atoms with van der Waals surface area (Å²) in [4.78, 5) is 16.5. The van der Waals surface area contributed by atoms with Crippen LogP contribution in [0.1, 0.15) is 25.8 Å². The molecule has 6 nitrogen and oxygen atoms in total. The molecule has 1 aliphatic carbocycles. The predicted molar refractivity (Wildman–Crippen MR) is 94.4 cm³/mol. The molecule has 0 bridgehead atoms. The molecule has 4 rings (SSSR count). The van der Waals surface area contributed by atoms with Crippen LogP contribution >= 0.6 is 0 Å². The quantitative estimate of drug-likeness (QED) is 0.898. The zero-order chi connectivity index (χ0) is 17.4. The van der Waals surface area contributed by atoms with Crippen LogP contribution in [0.5, 0.6) is 0 Å². The van der Waals surface area contributed by atoms with E-state index in [0.717, 1.165) is 24.3 Å².